The predicted octanol–water partition coefficient (Wildman–Crippen LogP) is 2.49. The highest BCUT2D eigenvalue weighted by Crippen LogP contribution is 2.33. The second kappa shape index (κ2) is 9.71. The molecule has 8 heteroatoms. The molecule has 2 aromatic rings. The van der Waals surface area contributed by atoms with Crippen LogP contribution in [0.3, 0.4) is 0 Å². The van der Waals surface area contributed by atoms with Crippen molar-refractivity contribution in [1.82, 2.24) is 10.6 Å². The summed E-state index contributed by atoms with van der Waals surface area (Å²) in [5.74, 6) is 2.35. The summed E-state index contributed by atoms with van der Waals surface area (Å²) in [7, 11) is 0. The molecule has 2 aliphatic heterocycles. The molecule has 0 spiro atoms. The first-order valence-electron chi connectivity index (χ1n) is 9.88. The summed E-state index contributed by atoms with van der Waals surface area (Å²) in [6.45, 7) is 1.34. The van der Waals surface area contributed by atoms with Crippen LogP contribution in [0.2, 0.25) is 0 Å². The van der Waals surface area contributed by atoms with E-state index in [1.54, 1.807) is 12.2 Å². The lowest BCUT2D eigenvalue weighted by Crippen LogP contribution is -2.28. The van der Waals surface area contributed by atoms with Gasteiger partial charge in [0.05, 0.1) is 0 Å². The molecule has 0 radical (unpaired) electrons. The molecule has 0 saturated carbocycles. The first-order valence-corrected chi connectivity index (χ1v) is 9.88. The van der Waals surface area contributed by atoms with E-state index in [0.717, 1.165) is 11.1 Å². The lowest BCUT2D eigenvalue weighted by molar-refractivity contribution is -0.116. The quantitative estimate of drug-likeness (QED) is 0.501. The van der Waals surface area contributed by atoms with Gasteiger partial charge in [0, 0.05) is 25.2 Å². The maximum absolute atomic E-state index is 11.9. The molecule has 0 fully saturated rings. The van der Waals surface area contributed by atoms with Crippen LogP contribution in [0, 0.1) is 0 Å². The predicted molar refractivity (Wildman–Crippen MR) is 114 cm³/mol. The summed E-state index contributed by atoms with van der Waals surface area (Å²) >= 11 is 0. The fraction of sp³-hybridized carbons (Fsp3) is 0.217. The lowest BCUT2D eigenvalue weighted by atomic mass is 10.2. The first-order chi connectivity index (χ1) is 15.2. The zero-order valence-corrected chi connectivity index (χ0v) is 16.8. The minimum atomic E-state index is -0.202. The van der Waals surface area contributed by atoms with Gasteiger partial charge in [0.15, 0.2) is 23.0 Å². The van der Waals surface area contributed by atoms with Crippen LogP contribution >= 0.6 is 0 Å². The van der Waals surface area contributed by atoms with Crippen LogP contribution in [0.1, 0.15) is 17.5 Å². The minimum Gasteiger partial charge on any atom is -0.454 e. The summed E-state index contributed by atoms with van der Waals surface area (Å²) < 4.78 is 21.1. The second-order valence-electron chi connectivity index (χ2n) is 6.83. The Kier molecular flexibility index (Phi) is 6.37. The van der Waals surface area contributed by atoms with Crippen LogP contribution in [0.25, 0.3) is 12.2 Å². The van der Waals surface area contributed by atoms with Crippen molar-refractivity contribution in [1.29, 1.82) is 0 Å². The van der Waals surface area contributed by atoms with Crippen LogP contribution in [0.4, 0.5) is 0 Å². The van der Waals surface area contributed by atoms with Crippen LogP contribution in [-0.4, -0.2) is 38.5 Å². The van der Waals surface area contributed by atoms with Crippen LogP contribution in [-0.2, 0) is 9.59 Å². The van der Waals surface area contributed by atoms with Crippen molar-refractivity contribution >= 4 is 24.0 Å². The second-order valence-corrected chi connectivity index (χ2v) is 6.83. The summed E-state index contributed by atoms with van der Waals surface area (Å²) in [5, 5.41) is 5.57. The molecule has 2 amide bonds. The number of carbonyl (C=O) groups is 2. The molecule has 0 aromatic heterocycles. The van der Waals surface area contributed by atoms with Gasteiger partial charge in [-0.05, 0) is 54.0 Å². The van der Waals surface area contributed by atoms with Gasteiger partial charge in [0.1, 0.15) is 0 Å². The largest absolute Gasteiger partial charge is 0.454 e. The van der Waals surface area contributed by atoms with Gasteiger partial charge in [0.2, 0.25) is 25.4 Å². The zero-order valence-electron chi connectivity index (χ0n) is 16.8. The molecule has 2 aliphatic rings. The van der Waals surface area contributed by atoms with E-state index in [9.17, 15) is 9.59 Å². The van der Waals surface area contributed by atoms with Gasteiger partial charge in [-0.25, -0.2) is 0 Å². The van der Waals surface area contributed by atoms with E-state index in [1.165, 1.54) is 12.2 Å². The average Bonchev–Trinajstić information content (AvgIpc) is 3.44. The molecular formula is C23H22N2O6. The molecule has 0 atom stereocenters. The van der Waals surface area contributed by atoms with E-state index in [-0.39, 0.29) is 25.4 Å². The Labute approximate surface area is 179 Å². The monoisotopic (exact) mass is 422 g/mol. The smallest absolute Gasteiger partial charge is 0.244 e. The Morgan fingerprint density at radius 1 is 0.710 bits per heavy atom. The van der Waals surface area contributed by atoms with Crippen molar-refractivity contribution < 1.29 is 28.5 Å². The summed E-state index contributed by atoms with van der Waals surface area (Å²) in [4.78, 5) is 23.8. The van der Waals surface area contributed by atoms with Crippen molar-refractivity contribution in [2.45, 2.75) is 6.42 Å². The van der Waals surface area contributed by atoms with E-state index < -0.39 is 0 Å². The van der Waals surface area contributed by atoms with Crippen LogP contribution < -0.4 is 29.6 Å². The molecular weight excluding hydrogens is 400 g/mol. The fourth-order valence-corrected chi connectivity index (χ4v) is 3.01. The molecule has 0 aliphatic carbocycles. The van der Waals surface area contributed by atoms with Crippen LogP contribution in [0.5, 0.6) is 23.0 Å². The van der Waals surface area contributed by atoms with Crippen molar-refractivity contribution in [2.75, 3.05) is 26.7 Å². The van der Waals surface area contributed by atoms with Gasteiger partial charge in [-0.1, -0.05) is 12.1 Å². The summed E-state index contributed by atoms with van der Waals surface area (Å²) in [5.41, 5.74) is 1.70. The van der Waals surface area contributed by atoms with Gasteiger partial charge in [0.25, 0.3) is 0 Å². The Morgan fingerprint density at radius 3 is 1.65 bits per heavy atom. The average molecular weight is 422 g/mol. The molecule has 2 heterocycles. The Morgan fingerprint density at radius 2 is 1.16 bits per heavy atom. The Balaban J connectivity index is 1.12. The number of hydrogen-bond acceptors (Lipinski definition) is 6. The number of benzene rings is 2. The van der Waals surface area contributed by atoms with Gasteiger partial charge < -0.3 is 29.6 Å². The molecule has 0 bridgehead atoms. The number of amides is 2. The standard InChI is InChI=1S/C23H22N2O6/c26-22(8-4-16-2-6-18-20(12-16)30-14-28-18)24-10-1-11-25-23(27)9-5-17-3-7-19-21(13-17)31-15-29-19/h2-9,12-13H,1,10-11,14-15H2,(H,24,26)(H,25,27). The topological polar surface area (TPSA) is 95.1 Å². The highest BCUT2D eigenvalue weighted by Gasteiger charge is 2.13. The van der Waals surface area contributed by atoms with E-state index >= 15 is 0 Å². The molecule has 160 valence electrons. The van der Waals surface area contributed by atoms with Gasteiger partial charge in [-0.15, -0.1) is 0 Å². The minimum absolute atomic E-state index is 0.202. The third-order valence-electron chi connectivity index (χ3n) is 4.60. The molecule has 4 rings (SSSR count). The van der Waals surface area contributed by atoms with E-state index in [4.69, 9.17) is 18.9 Å². The van der Waals surface area contributed by atoms with Crippen LogP contribution in [0.15, 0.2) is 48.6 Å². The normalized spacial score (nSPS) is 13.7. The summed E-state index contributed by atoms with van der Waals surface area (Å²) in [6.07, 6.45) is 6.96. The SMILES string of the molecule is O=C(C=Cc1ccc2c(c1)OCO2)NCCCNC(=O)C=Cc1ccc2c(c1)OCO2. The van der Waals surface area contributed by atoms with Crippen molar-refractivity contribution in [2.24, 2.45) is 0 Å². The number of ether oxygens (including phenoxy) is 4. The molecule has 0 unspecified atom stereocenters. The fourth-order valence-electron chi connectivity index (χ4n) is 3.01. The first kappa shape index (κ1) is 20.3. The number of rotatable bonds is 8. The third kappa shape index (κ3) is 5.57. The van der Waals surface area contributed by atoms with E-state index in [2.05, 4.69) is 10.6 Å². The molecule has 0 saturated heterocycles. The maximum Gasteiger partial charge on any atom is 0.244 e. The summed E-state index contributed by atoms with van der Waals surface area (Å²) in [6, 6.07) is 11.0. The Bertz CT molecular complexity index is 949. The highest BCUT2D eigenvalue weighted by molar-refractivity contribution is 5.92. The maximum atomic E-state index is 11.9. The number of fused-ring (bicyclic) bond motifs is 2. The van der Waals surface area contributed by atoms with E-state index in [1.807, 2.05) is 36.4 Å². The van der Waals surface area contributed by atoms with Gasteiger partial charge >= 0.3 is 0 Å². The van der Waals surface area contributed by atoms with E-state index in [0.29, 0.717) is 42.5 Å². The van der Waals surface area contributed by atoms with Crippen molar-refractivity contribution in [3.8, 4) is 23.0 Å². The van der Waals surface area contributed by atoms with Gasteiger partial charge in [-0.2, -0.15) is 0 Å². The zero-order chi connectivity index (χ0) is 21.5. The lowest BCUT2D eigenvalue weighted by Gasteiger charge is -2.04. The molecule has 2 aromatic carbocycles. The number of nitrogens with one attached hydrogen (secondary N) is 2. The molecule has 2 N–H and O–H groups in total. The number of hydrogen-bond donors (Lipinski definition) is 2. The Hall–Kier alpha value is -3.94. The van der Waals surface area contributed by atoms with Crippen molar-refractivity contribution in [3.63, 3.8) is 0 Å². The third-order valence-corrected chi connectivity index (χ3v) is 4.60. The van der Waals surface area contributed by atoms with Gasteiger partial charge in [-0.3, -0.25) is 9.59 Å². The van der Waals surface area contributed by atoms with Crippen molar-refractivity contribution in [3.05, 3.63) is 59.7 Å². The highest BCUT2D eigenvalue weighted by atomic mass is 16.7. The molecule has 8 nitrogen and oxygen atoms in total. The molecule has 31 heavy (non-hydrogen) atoms. The number of carbonyl (C=O) groups excluding carboxylic acids is 2.